The summed E-state index contributed by atoms with van der Waals surface area (Å²) in [4.78, 5) is 20.9. The highest BCUT2D eigenvalue weighted by Gasteiger charge is 2.32. The maximum absolute atomic E-state index is 11.7. The van der Waals surface area contributed by atoms with E-state index in [-0.39, 0.29) is 5.97 Å². The summed E-state index contributed by atoms with van der Waals surface area (Å²) in [5.41, 5.74) is 0.0241. The number of hydrogen-bond donors (Lipinski definition) is 0. The van der Waals surface area contributed by atoms with Gasteiger partial charge >= 0.3 is 11.9 Å². The van der Waals surface area contributed by atoms with Gasteiger partial charge in [-0.2, -0.15) is 0 Å². The van der Waals surface area contributed by atoms with Crippen LogP contribution < -0.4 is 0 Å². The second-order valence-corrected chi connectivity index (χ2v) is 4.54. The van der Waals surface area contributed by atoms with Crippen LogP contribution in [0.1, 0.15) is 47.0 Å². The lowest BCUT2D eigenvalue weighted by atomic mass is 10.1. The number of rotatable bonds is 4. The molecule has 0 aliphatic carbocycles. The van der Waals surface area contributed by atoms with Crippen LogP contribution in [0.25, 0.3) is 0 Å². The molecule has 1 aliphatic heterocycles. The first-order valence-corrected chi connectivity index (χ1v) is 5.25. The van der Waals surface area contributed by atoms with Crippen molar-refractivity contribution in [3.05, 3.63) is 11.5 Å². The van der Waals surface area contributed by atoms with Crippen molar-refractivity contribution in [3.8, 4) is 0 Å². The molecule has 0 bridgehead atoms. The molecule has 0 aromatic carbocycles. The zero-order valence-electron chi connectivity index (χ0n) is 9.75. The number of esters is 1. The molecule has 0 unspecified atom stereocenters. The van der Waals surface area contributed by atoms with Gasteiger partial charge in [0, 0.05) is 0 Å². The Balaban J connectivity index is 2.58. The monoisotopic (exact) mass is 214 g/mol. The number of unbranched alkanes of at least 4 members (excludes halogenated alkanes) is 1. The van der Waals surface area contributed by atoms with Crippen molar-refractivity contribution in [2.75, 3.05) is 0 Å². The third-order valence-corrected chi connectivity index (χ3v) is 1.84. The zero-order valence-corrected chi connectivity index (χ0v) is 9.75. The summed E-state index contributed by atoms with van der Waals surface area (Å²) in [5, 5.41) is 0. The maximum Gasteiger partial charge on any atom is 0.389 e. The van der Waals surface area contributed by atoms with E-state index in [0.29, 0.717) is 17.9 Å². The SMILES string of the molecule is CCCCC(C(=O)OC(C)(C)C)=C1OO1. The predicted molar refractivity (Wildman–Crippen MR) is 54.6 cm³/mol. The fourth-order valence-electron chi connectivity index (χ4n) is 1.10. The standard InChI is InChI=1S/C11H18O4/c1-5-6-7-8(10-14-15-10)9(12)13-11(2,3)4/h5-7H2,1-4H3. The summed E-state index contributed by atoms with van der Waals surface area (Å²) in [7, 11) is 0. The Morgan fingerprint density at radius 2 is 1.93 bits per heavy atom. The van der Waals surface area contributed by atoms with Crippen molar-refractivity contribution in [3.63, 3.8) is 0 Å². The van der Waals surface area contributed by atoms with Crippen LogP contribution in [0, 0.1) is 0 Å². The van der Waals surface area contributed by atoms with Crippen LogP contribution in [0.15, 0.2) is 11.5 Å². The minimum Gasteiger partial charge on any atom is -0.456 e. The van der Waals surface area contributed by atoms with Gasteiger partial charge in [-0.3, -0.25) is 0 Å². The molecule has 0 aromatic heterocycles. The Hall–Kier alpha value is -1.19. The van der Waals surface area contributed by atoms with E-state index in [4.69, 9.17) is 4.74 Å². The minimum absolute atomic E-state index is 0.317. The molecule has 1 saturated heterocycles. The molecule has 0 aromatic rings. The predicted octanol–water partition coefficient (Wildman–Crippen LogP) is 2.69. The molecule has 0 N–H and O–H groups in total. The molecule has 0 saturated carbocycles. The van der Waals surface area contributed by atoms with Crippen molar-refractivity contribution in [1.29, 1.82) is 0 Å². The molecule has 86 valence electrons. The smallest absolute Gasteiger partial charge is 0.389 e. The highest BCUT2D eigenvalue weighted by molar-refractivity contribution is 5.89. The van der Waals surface area contributed by atoms with Crippen LogP contribution in [-0.2, 0) is 19.3 Å². The number of carbonyl (C=O) groups excluding carboxylic acids is 1. The third-order valence-electron chi connectivity index (χ3n) is 1.84. The van der Waals surface area contributed by atoms with E-state index < -0.39 is 5.60 Å². The fraction of sp³-hybridized carbons (Fsp3) is 0.727. The molecule has 1 heterocycles. The molecule has 4 heteroatoms. The topological polar surface area (TPSA) is 51.4 Å². The van der Waals surface area contributed by atoms with Crippen LogP contribution in [0.4, 0.5) is 0 Å². The Morgan fingerprint density at radius 3 is 2.33 bits per heavy atom. The Bertz CT molecular complexity index is 267. The quantitative estimate of drug-likeness (QED) is 0.312. The Morgan fingerprint density at radius 1 is 1.33 bits per heavy atom. The molecule has 0 atom stereocenters. The van der Waals surface area contributed by atoms with Gasteiger partial charge in [0.2, 0.25) is 0 Å². The second kappa shape index (κ2) is 4.55. The molecular formula is C11H18O4. The van der Waals surface area contributed by atoms with Gasteiger partial charge in [0.1, 0.15) is 11.2 Å². The molecular weight excluding hydrogens is 196 g/mol. The lowest BCUT2D eigenvalue weighted by Crippen LogP contribution is -2.25. The first kappa shape index (κ1) is 11.9. The zero-order chi connectivity index (χ0) is 11.5. The van der Waals surface area contributed by atoms with Crippen LogP contribution in [0.3, 0.4) is 0 Å². The third kappa shape index (κ3) is 4.23. The molecule has 0 amide bonds. The second-order valence-electron chi connectivity index (χ2n) is 4.54. The Kier molecular flexibility index (Phi) is 3.61. The summed E-state index contributed by atoms with van der Waals surface area (Å²) in [6.45, 7) is 7.57. The molecule has 0 radical (unpaired) electrons. The van der Waals surface area contributed by atoms with Crippen LogP contribution in [0.2, 0.25) is 0 Å². The van der Waals surface area contributed by atoms with Crippen LogP contribution >= 0.6 is 0 Å². The molecule has 15 heavy (non-hydrogen) atoms. The van der Waals surface area contributed by atoms with Gasteiger partial charge < -0.3 is 4.74 Å². The van der Waals surface area contributed by atoms with Crippen LogP contribution in [-0.4, -0.2) is 11.6 Å². The minimum atomic E-state index is -0.482. The lowest BCUT2D eigenvalue weighted by Gasteiger charge is -2.19. The van der Waals surface area contributed by atoms with Crippen LogP contribution in [0.5, 0.6) is 0 Å². The van der Waals surface area contributed by atoms with E-state index in [2.05, 4.69) is 16.7 Å². The summed E-state index contributed by atoms with van der Waals surface area (Å²) in [6.07, 6.45) is 2.57. The molecule has 1 rings (SSSR count). The van der Waals surface area contributed by atoms with Crippen molar-refractivity contribution >= 4 is 5.97 Å². The summed E-state index contributed by atoms with van der Waals surface area (Å²) in [6, 6.07) is 0. The average Bonchev–Trinajstić information content (AvgIpc) is 2.85. The van der Waals surface area contributed by atoms with Gasteiger partial charge in [-0.15, -0.1) is 0 Å². The molecule has 1 aliphatic rings. The molecule has 1 fully saturated rings. The summed E-state index contributed by atoms with van der Waals surface area (Å²) in [5.74, 6) is -0.0267. The van der Waals surface area contributed by atoms with Gasteiger partial charge in [-0.1, -0.05) is 13.3 Å². The first-order chi connectivity index (χ1) is 6.94. The summed E-state index contributed by atoms with van der Waals surface area (Å²) >= 11 is 0. The van der Waals surface area contributed by atoms with E-state index in [0.717, 1.165) is 12.8 Å². The Labute approximate surface area is 90.1 Å². The molecule has 0 spiro atoms. The fourth-order valence-corrected chi connectivity index (χ4v) is 1.10. The highest BCUT2D eigenvalue weighted by atomic mass is 17.4. The number of hydrogen-bond acceptors (Lipinski definition) is 4. The number of carbonyl (C=O) groups is 1. The lowest BCUT2D eigenvalue weighted by molar-refractivity contribution is -0.150. The van der Waals surface area contributed by atoms with E-state index >= 15 is 0 Å². The highest BCUT2D eigenvalue weighted by Crippen LogP contribution is 2.27. The normalized spacial score (nSPS) is 14.0. The van der Waals surface area contributed by atoms with Gasteiger partial charge in [0.25, 0.3) is 0 Å². The first-order valence-electron chi connectivity index (χ1n) is 5.25. The van der Waals surface area contributed by atoms with Gasteiger partial charge in [-0.05, 0) is 33.6 Å². The van der Waals surface area contributed by atoms with E-state index in [1.54, 1.807) is 0 Å². The van der Waals surface area contributed by atoms with Gasteiger partial charge in [0.05, 0.1) is 0 Å². The van der Waals surface area contributed by atoms with Gasteiger partial charge in [-0.25, -0.2) is 14.6 Å². The maximum atomic E-state index is 11.7. The van der Waals surface area contributed by atoms with Crippen molar-refractivity contribution in [2.24, 2.45) is 0 Å². The summed E-state index contributed by atoms with van der Waals surface area (Å²) < 4.78 is 5.24. The van der Waals surface area contributed by atoms with E-state index in [1.165, 1.54) is 0 Å². The van der Waals surface area contributed by atoms with E-state index in [1.807, 2.05) is 20.8 Å². The largest absolute Gasteiger partial charge is 0.456 e. The van der Waals surface area contributed by atoms with Crippen molar-refractivity contribution in [2.45, 2.75) is 52.6 Å². The number of ether oxygens (including phenoxy) is 1. The van der Waals surface area contributed by atoms with Crippen molar-refractivity contribution in [1.82, 2.24) is 0 Å². The average molecular weight is 214 g/mol. The van der Waals surface area contributed by atoms with Gasteiger partial charge in [0.15, 0.2) is 0 Å². The van der Waals surface area contributed by atoms with E-state index in [9.17, 15) is 4.79 Å². The molecule has 4 nitrogen and oxygen atoms in total. The van der Waals surface area contributed by atoms with Crippen molar-refractivity contribution < 1.29 is 19.3 Å².